The number of hydrogen-bond donors (Lipinski definition) is 1. The Morgan fingerprint density at radius 2 is 2.31 bits per heavy atom. The van der Waals surface area contributed by atoms with E-state index in [0.717, 1.165) is 16.4 Å². The quantitative estimate of drug-likeness (QED) is 0.582. The van der Waals surface area contributed by atoms with Gasteiger partial charge in [-0.2, -0.15) is 0 Å². The first-order valence-corrected chi connectivity index (χ1v) is 5.28. The number of aldehydes is 1. The number of thiol groups is 1. The largest absolute Gasteiger partial charge is 0.298 e. The van der Waals surface area contributed by atoms with Crippen LogP contribution < -0.4 is 0 Å². The first-order chi connectivity index (χ1) is 6.24. The standard InChI is InChI=1S/C9H5ClOS2/c10-7-3-5-1-2-13-9(5)8(12)6(7)4-11/h1-4,12H. The SMILES string of the molecule is O=Cc1c(Cl)cc2ccsc2c1S. The molecular formula is C9H5ClOS2. The van der Waals surface area contributed by atoms with E-state index in [9.17, 15) is 4.79 Å². The average molecular weight is 229 g/mol. The van der Waals surface area contributed by atoms with E-state index in [0.29, 0.717) is 15.5 Å². The zero-order valence-electron chi connectivity index (χ0n) is 6.45. The zero-order chi connectivity index (χ0) is 9.42. The summed E-state index contributed by atoms with van der Waals surface area (Å²) in [6, 6.07) is 3.75. The van der Waals surface area contributed by atoms with Crippen LogP contribution >= 0.6 is 35.6 Å². The summed E-state index contributed by atoms with van der Waals surface area (Å²) in [5.41, 5.74) is 0.472. The molecular weight excluding hydrogens is 224 g/mol. The minimum absolute atomic E-state index is 0.464. The smallest absolute Gasteiger partial charge is 0.152 e. The molecule has 0 saturated carbocycles. The van der Waals surface area contributed by atoms with E-state index in [1.54, 1.807) is 17.4 Å². The van der Waals surface area contributed by atoms with Gasteiger partial charge in [0.2, 0.25) is 0 Å². The molecule has 2 rings (SSSR count). The van der Waals surface area contributed by atoms with E-state index < -0.39 is 0 Å². The van der Waals surface area contributed by atoms with Crippen molar-refractivity contribution < 1.29 is 4.79 Å². The zero-order valence-corrected chi connectivity index (χ0v) is 8.92. The highest BCUT2D eigenvalue weighted by atomic mass is 35.5. The fourth-order valence-corrected chi connectivity index (χ4v) is 2.81. The van der Waals surface area contributed by atoms with Crippen molar-refractivity contribution in [2.24, 2.45) is 0 Å². The molecule has 4 heteroatoms. The number of carbonyl (C=O) groups is 1. The van der Waals surface area contributed by atoms with Crippen LogP contribution in [0, 0.1) is 0 Å². The van der Waals surface area contributed by atoms with Crippen LogP contribution in [0.4, 0.5) is 0 Å². The van der Waals surface area contributed by atoms with Crippen LogP contribution in [0.25, 0.3) is 10.1 Å². The van der Waals surface area contributed by atoms with E-state index in [1.807, 2.05) is 11.4 Å². The molecule has 1 aromatic heterocycles. The Morgan fingerprint density at radius 1 is 1.54 bits per heavy atom. The molecule has 0 saturated heterocycles. The highest BCUT2D eigenvalue weighted by Gasteiger charge is 2.09. The van der Waals surface area contributed by atoms with Crippen molar-refractivity contribution in [2.75, 3.05) is 0 Å². The van der Waals surface area contributed by atoms with Crippen LogP contribution in [0.15, 0.2) is 22.4 Å². The average Bonchev–Trinajstić information content (AvgIpc) is 2.53. The molecule has 0 aliphatic carbocycles. The second-order valence-corrected chi connectivity index (χ2v) is 4.35. The van der Waals surface area contributed by atoms with Crippen LogP contribution in [-0.4, -0.2) is 6.29 Å². The van der Waals surface area contributed by atoms with Gasteiger partial charge in [0.25, 0.3) is 0 Å². The topological polar surface area (TPSA) is 17.1 Å². The maximum atomic E-state index is 10.7. The van der Waals surface area contributed by atoms with Crippen molar-refractivity contribution in [3.63, 3.8) is 0 Å². The Balaban J connectivity index is 2.92. The molecule has 1 nitrogen and oxygen atoms in total. The summed E-state index contributed by atoms with van der Waals surface area (Å²) in [6.07, 6.45) is 0.740. The summed E-state index contributed by atoms with van der Waals surface area (Å²) < 4.78 is 1.01. The van der Waals surface area contributed by atoms with Crippen LogP contribution in [0.1, 0.15) is 10.4 Å². The molecule has 0 atom stereocenters. The van der Waals surface area contributed by atoms with Gasteiger partial charge in [-0.3, -0.25) is 4.79 Å². The lowest BCUT2D eigenvalue weighted by atomic mass is 10.2. The van der Waals surface area contributed by atoms with Gasteiger partial charge in [0, 0.05) is 15.2 Å². The highest BCUT2D eigenvalue weighted by Crippen LogP contribution is 2.33. The second-order valence-electron chi connectivity index (χ2n) is 2.58. The van der Waals surface area contributed by atoms with Gasteiger partial charge in [-0.15, -0.1) is 24.0 Å². The van der Waals surface area contributed by atoms with Crippen molar-refractivity contribution in [1.82, 2.24) is 0 Å². The van der Waals surface area contributed by atoms with Crippen molar-refractivity contribution >= 4 is 51.9 Å². The molecule has 13 heavy (non-hydrogen) atoms. The molecule has 1 heterocycles. The van der Waals surface area contributed by atoms with E-state index in [2.05, 4.69) is 12.6 Å². The molecule has 0 radical (unpaired) electrons. The Morgan fingerprint density at radius 3 is 3.00 bits per heavy atom. The molecule has 2 aromatic rings. The maximum Gasteiger partial charge on any atom is 0.152 e. The second kappa shape index (κ2) is 3.33. The van der Waals surface area contributed by atoms with Crippen LogP contribution in [0.3, 0.4) is 0 Å². The predicted molar refractivity (Wildman–Crippen MR) is 59.5 cm³/mol. The van der Waals surface area contributed by atoms with Gasteiger partial charge < -0.3 is 0 Å². The van der Waals surface area contributed by atoms with Gasteiger partial charge in [-0.25, -0.2) is 0 Å². The molecule has 0 aliphatic rings. The first-order valence-electron chi connectivity index (χ1n) is 3.58. The predicted octanol–water partition coefficient (Wildman–Crippen LogP) is 3.66. The number of halogens is 1. The van der Waals surface area contributed by atoms with Crippen LogP contribution in [-0.2, 0) is 0 Å². The molecule has 0 bridgehead atoms. The molecule has 66 valence electrons. The Kier molecular flexibility index (Phi) is 2.32. The summed E-state index contributed by atoms with van der Waals surface area (Å²) in [4.78, 5) is 11.4. The Hall–Kier alpha value is -0.510. The maximum absolute atomic E-state index is 10.7. The fraction of sp³-hybridized carbons (Fsp3) is 0. The summed E-state index contributed by atoms with van der Waals surface area (Å²) >= 11 is 11.7. The van der Waals surface area contributed by atoms with Gasteiger partial charge >= 0.3 is 0 Å². The summed E-state index contributed by atoms with van der Waals surface area (Å²) in [5, 5.41) is 3.45. The molecule has 0 fully saturated rings. The number of thiophene rings is 1. The molecule has 0 spiro atoms. The van der Waals surface area contributed by atoms with Crippen molar-refractivity contribution in [3.8, 4) is 0 Å². The van der Waals surface area contributed by atoms with Crippen LogP contribution in [0.5, 0.6) is 0 Å². The van der Waals surface area contributed by atoms with Gasteiger partial charge in [0.05, 0.1) is 5.02 Å². The molecule has 0 N–H and O–H groups in total. The van der Waals surface area contributed by atoms with Gasteiger partial charge in [-0.05, 0) is 22.9 Å². The Bertz CT molecular complexity index is 476. The third kappa shape index (κ3) is 1.37. The van der Waals surface area contributed by atoms with Gasteiger partial charge in [0.1, 0.15) is 0 Å². The highest BCUT2D eigenvalue weighted by molar-refractivity contribution is 7.80. The van der Waals surface area contributed by atoms with Gasteiger partial charge in [-0.1, -0.05) is 11.6 Å². The minimum Gasteiger partial charge on any atom is -0.298 e. The first kappa shape index (κ1) is 9.06. The Labute approximate surface area is 89.7 Å². The summed E-state index contributed by atoms with van der Waals surface area (Å²) in [7, 11) is 0. The van der Waals surface area contributed by atoms with Crippen LogP contribution in [0.2, 0.25) is 5.02 Å². The fourth-order valence-electron chi connectivity index (χ4n) is 1.19. The van der Waals surface area contributed by atoms with Gasteiger partial charge in [0.15, 0.2) is 6.29 Å². The lowest BCUT2D eigenvalue weighted by Crippen LogP contribution is -1.84. The molecule has 0 amide bonds. The summed E-state index contributed by atoms with van der Waals surface area (Å²) in [5.74, 6) is 0. The number of carbonyl (C=O) groups excluding carboxylic acids is 1. The van der Waals surface area contributed by atoms with Crippen molar-refractivity contribution in [1.29, 1.82) is 0 Å². The summed E-state index contributed by atoms with van der Waals surface area (Å²) in [6.45, 7) is 0. The lowest BCUT2D eigenvalue weighted by Gasteiger charge is -2.01. The third-order valence-electron chi connectivity index (χ3n) is 1.82. The molecule has 0 unspecified atom stereocenters. The van der Waals surface area contributed by atoms with E-state index in [4.69, 9.17) is 11.6 Å². The third-order valence-corrected chi connectivity index (χ3v) is 3.70. The minimum atomic E-state index is 0.464. The van der Waals surface area contributed by atoms with Crippen molar-refractivity contribution in [3.05, 3.63) is 28.1 Å². The lowest BCUT2D eigenvalue weighted by molar-refractivity contribution is 0.112. The molecule has 0 aliphatic heterocycles. The number of hydrogen-bond acceptors (Lipinski definition) is 3. The molecule has 1 aromatic carbocycles. The van der Waals surface area contributed by atoms with E-state index in [1.165, 1.54) is 0 Å². The monoisotopic (exact) mass is 228 g/mol. The number of benzene rings is 1. The number of rotatable bonds is 1. The van der Waals surface area contributed by atoms with Crippen molar-refractivity contribution in [2.45, 2.75) is 4.90 Å². The van der Waals surface area contributed by atoms with E-state index >= 15 is 0 Å². The van der Waals surface area contributed by atoms with E-state index in [-0.39, 0.29) is 0 Å². The number of fused-ring (bicyclic) bond motifs is 1. The normalized spacial score (nSPS) is 10.6.